The minimum absolute atomic E-state index is 0.0231. The Kier molecular flexibility index (Phi) is 7.14. The van der Waals surface area contributed by atoms with Gasteiger partial charge in [-0.25, -0.2) is 0 Å². The van der Waals surface area contributed by atoms with Gasteiger partial charge in [0.05, 0.1) is 6.61 Å². The molecule has 0 atom stereocenters. The second-order valence-corrected chi connectivity index (χ2v) is 5.26. The predicted molar refractivity (Wildman–Crippen MR) is 91.8 cm³/mol. The number of hydrogen-bond donors (Lipinski definition) is 1. The monoisotopic (exact) mass is 313 g/mol. The smallest absolute Gasteiger partial charge is 0.224 e. The van der Waals surface area contributed by atoms with Crippen molar-refractivity contribution in [2.24, 2.45) is 0 Å². The van der Waals surface area contributed by atoms with E-state index in [0.717, 1.165) is 24.3 Å². The standard InChI is InChI=1S/C19H23NO3/c1-22-13-14-23-18-11-6-10-17(15-18)20-19(21)12-5-9-16-7-3-2-4-8-16/h2-4,6-8,10-11,15H,5,9,12-14H2,1H3,(H,20,21). The van der Waals surface area contributed by atoms with E-state index in [2.05, 4.69) is 17.4 Å². The van der Waals surface area contributed by atoms with Crippen LogP contribution in [0.5, 0.6) is 5.75 Å². The van der Waals surface area contributed by atoms with Crippen LogP contribution in [0.3, 0.4) is 0 Å². The number of nitrogens with one attached hydrogen (secondary N) is 1. The molecule has 0 unspecified atom stereocenters. The van der Waals surface area contributed by atoms with Gasteiger partial charge < -0.3 is 14.8 Å². The topological polar surface area (TPSA) is 47.6 Å². The van der Waals surface area contributed by atoms with E-state index in [4.69, 9.17) is 9.47 Å². The lowest BCUT2D eigenvalue weighted by Crippen LogP contribution is -2.11. The summed E-state index contributed by atoms with van der Waals surface area (Å²) in [6.07, 6.45) is 2.25. The van der Waals surface area contributed by atoms with Crippen LogP contribution in [0.4, 0.5) is 5.69 Å². The first-order valence-electron chi connectivity index (χ1n) is 7.83. The largest absolute Gasteiger partial charge is 0.491 e. The average Bonchev–Trinajstić information content (AvgIpc) is 2.56. The Morgan fingerprint density at radius 3 is 2.65 bits per heavy atom. The molecule has 1 amide bonds. The Bertz CT molecular complexity index is 599. The summed E-state index contributed by atoms with van der Waals surface area (Å²) in [6.45, 7) is 1.03. The van der Waals surface area contributed by atoms with Crippen molar-refractivity contribution in [1.29, 1.82) is 0 Å². The van der Waals surface area contributed by atoms with E-state index in [1.54, 1.807) is 7.11 Å². The second-order valence-electron chi connectivity index (χ2n) is 5.26. The normalized spacial score (nSPS) is 10.3. The predicted octanol–water partition coefficient (Wildman–Crippen LogP) is 3.67. The average molecular weight is 313 g/mol. The van der Waals surface area contributed by atoms with Crippen molar-refractivity contribution in [1.82, 2.24) is 0 Å². The molecule has 0 aromatic heterocycles. The first-order chi connectivity index (χ1) is 11.3. The van der Waals surface area contributed by atoms with E-state index in [1.807, 2.05) is 42.5 Å². The SMILES string of the molecule is COCCOc1cccc(NC(=O)CCCc2ccccc2)c1. The summed E-state index contributed by atoms with van der Waals surface area (Å²) >= 11 is 0. The van der Waals surface area contributed by atoms with E-state index >= 15 is 0 Å². The zero-order valence-electron chi connectivity index (χ0n) is 13.5. The van der Waals surface area contributed by atoms with Gasteiger partial charge in [0.25, 0.3) is 0 Å². The highest BCUT2D eigenvalue weighted by Gasteiger charge is 2.04. The number of benzene rings is 2. The Labute approximate surface area is 137 Å². The van der Waals surface area contributed by atoms with E-state index in [0.29, 0.717) is 19.6 Å². The summed E-state index contributed by atoms with van der Waals surface area (Å²) in [5.74, 6) is 0.749. The first kappa shape index (κ1) is 17.0. The van der Waals surface area contributed by atoms with Crippen molar-refractivity contribution in [3.63, 3.8) is 0 Å². The molecule has 0 saturated carbocycles. The molecule has 0 aliphatic rings. The van der Waals surface area contributed by atoms with Gasteiger partial charge in [0, 0.05) is 25.3 Å². The minimum atomic E-state index is 0.0231. The number of carbonyl (C=O) groups is 1. The van der Waals surface area contributed by atoms with E-state index < -0.39 is 0 Å². The highest BCUT2D eigenvalue weighted by Crippen LogP contribution is 2.17. The lowest BCUT2D eigenvalue weighted by molar-refractivity contribution is -0.116. The maximum absolute atomic E-state index is 12.0. The molecule has 2 rings (SSSR count). The molecular formula is C19H23NO3. The lowest BCUT2D eigenvalue weighted by atomic mass is 10.1. The number of anilines is 1. The number of hydrogen-bond acceptors (Lipinski definition) is 3. The number of ether oxygens (including phenoxy) is 2. The highest BCUT2D eigenvalue weighted by molar-refractivity contribution is 5.90. The molecule has 23 heavy (non-hydrogen) atoms. The first-order valence-corrected chi connectivity index (χ1v) is 7.83. The van der Waals surface area contributed by atoms with Gasteiger partial charge in [0.1, 0.15) is 12.4 Å². The summed E-state index contributed by atoms with van der Waals surface area (Å²) in [6, 6.07) is 17.6. The van der Waals surface area contributed by atoms with Crippen molar-refractivity contribution in [2.45, 2.75) is 19.3 Å². The van der Waals surface area contributed by atoms with Crippen LogP contribution in [0.1, 0.15) is 18.4 Å². The van der Waals surface area contributed by atoms with Gasteiger partial charge in [-0.1, -0.05) is 36.4 Å². The molecule has 0 heterocycles. The molecule has 0 radical (unpaired) electrons. The summed E-state index contributed by atoms with van der Waals surface area (Å²) < 4.78 is 10.5. The number of rotatable bonds is 9. The molecule has 0 fully saturated rings. The summed E-state index contributed by atoms with van der Waals surface area (Å²) in [7, 11) is 1.63. The zero-order chi connectivity index (χ0) is 16.3. The molecule has 1 N–H and O–H groups in total. The molecule has 4 nitrogen and oxygen atoms in total. The Morgan fingerprint density at radius 1 is 1.04 bits per heavy atom. The minimum Gasteiger partial charge on any atom is -0.491 e. The third-order valence-electron chi connectivity index (χ3n) is 3.39. The zero-order valence-corrected chi connectivity index (χ0v) is 13.5. The molecule has 0 aliphatic heterocycles. The number of methoxy groups -OCH3 is 1. The number of aryl methyl sites for hydroxylation is 1. The van der Waals surface area contributed by atoms with Gasteiger partial charge in [0.15, 0.2) is 0 Å². The van der Waals surface area contributed by atoms with Crippen LogP contribution in [0.15, 0.2) is 54.6 Å². The van der Waals surface area contributed by atoms with Crippen LogP contribution in [0, 0.1) is 0 Å². The molecule has 2 aromatic rings. The number of carbonyl (C=O) groups excluding carboxylic acids is 1. The van der Waals surface area contributed by atoms with Crippen LogP contribution >= 0.6 is 0 Å². The third-order valence-corrected chi connectivity index (χ3v) is 3.39. The van der Waals surface area contributed by atoms with Crippen LogP contribution < -0.4 is 10.1 Å². The molecule has 0 spiro atoms. The van der Waals surface area contributed by atoms with Crippen molar-refractivity contribution in [3.8, 4) is 5.75 Å². The molecule has 0 bridgehead atoms. The maximum atomic E-state index is 12.0. The summed E-state index contributed by atoms with van der Waals surface area (Å²) in [4.78, 5) is 12.0. The van der Waals surface area contributed by atoms with E-state index in [1.165, 1.54) is 5.56 Å². The van der Waals surface area contributed by atoms with Gasteiger partial charge in [-0.3, -0.25) is 4.79 Å². The van der Waals surface area contributed by atoms with Crippen LogP contribution in [0.25, 0.3) is 0 Å². The third kappa shape index (κ3) is 6.53. The van der Waals surface area contributed by atoms with Gasteiger partial charge in [-0.2, -0.15) is 0 Å². The van der Waals surface area contributed by atoms with E-state index in [9.17, 15) is 4.79 Å². The van der Waals surface area contributed by atoms with Gasteiger partial charge in [-0.15, -0.1) is 0 Å². The van der Waals surface area contributed by atoms with Gasteiger partial charge in [0.2, 0.25) is 5.91 Å². The molecule has 4 heteroatoms. The second kappa shape index (κ2) is 9.64. The fourth-order valence-corrected chi connectivity index (χ4v) is 2.23. The summed E-state index contributed by atoms with van der Waals surface area (Å²) in [5.41, 5.74) is 2.01. The maximum Gasteiger partial charge on any atom is 0.224 e. The molecule has 0 saturated heterocycles. The van der Waals surface area contributed by atoms with Crippen LogP contribution in [0.2, 0.25) is 0 Å². The molecule has 0 aliphatic carbocycles. The van der Waals surface area contributed by atoms with Crippen molar-refractivity contribution in [2.75, 3.05) is 25.6 Å². The van der Waals surface area contributed by atoms with E-state index in [-0.39, 0.29) is 5.91 Å². The fourth-order valence-electron chi connectivity index (χ4n) is 2.23. The molecular weight excluding hydrogens is 290 g/mol. The molecule has 2 aromatic carbocycles. The van der Waals surface area contributed by atoms with Crippen molar-refractivity contribution >= 4 is 11.6 Å². The van der Waals surface area contributed by atoms with Crippen molar-refractivity contribution in [3.05, 3.63) is 60.2 Å². The Balaban J connectivity index is 1.75. The lowest BCUT2D eigenvalue weighted by Gasteiger charge is -2.09. The quantitative estimate of drug-likeness (QED) is 0.719. The van der Waals surface area contributed by atoms with Gasteiger partial charge in [-0.05, 0) is 30.5 Å². The Hall–Kier alpha value is -2.33. The Morgan fingerprint density at radius 2 is 1.87 bits per heavy atom. The van der Waals surface area contributed by atoms with Crippen molar-refractivity contribution < 1.29 is 14.3 Å². The number of amides is 1. The van der Waals surface area contributed by atoms with Gasteiger partial charge >= 0.3 is 0 Å². The molecule has 122 valence electrons. The summed E-state index contributed by atoms with van der Waals surface area (Å²) in [5, 5.41) is 2.91. The van der Waals surface area contributed by atoms with Crippen LogP contribution in [-0.4, -0.2) is 26.2 Å². The fraction of sp³-hybridized carbons (Fsp3) is 0.316. The highest BCUT2D eigenvalue weighted by atomic mass is 16.5. The van der Waals surface area contributed by atoms with Crippen LogP contribution in [-0.2, 0) is 16.0 Å².